The lowest BCUT2D eigenvalue weighted by Crippen LogP contribution is -2.34. The highest BCUT2D eigenvalue weighted by Crippen LogP contribution is 2.24. The predicted molar refractivity (Wildman–Crippen MR) is 114 cm³/mol. The molecule has 0 saturated carbocycles. The number of halogens is 1. The van der Waals surface area contributed by atoms with Crippen LogP contribution in [-0.4, -0.2) is 18.4 Å². The number of hydrogen-bond acceptors (Lipinski definition) is 3. The minimum Gasteiger partial charge on any atom is -0.457 e. The molecule has 0 bridgehead atoms. The topological polar surface area (TPSA) is 71.3 Å². The molecular weight excluding hydrogens is 388 g/mol. The Kier molecular flexibility index (Phi) is 6.66. The average Bonchev–Trinajstić information content (AvgIpc) is 3.21. The molecule has 29 heavy (non-hydrogen) atoms. The van der Waals surface area contributed by atoms with Gasteiger partial charge in [0.25, 0.3) is 11.8 Å². The van der Waals surface area contributed by atoms with Crippen molar-refractivity contribution in [3.63, 3.8) is 0 Å². The Labute approximate surface area is 173 Å². The number of carbonyl (C=O) groups excluding carboxylic acids is 2. The van der Waals surface area contributed by atoms with Crippen molar-refractivity contribution >= 4 is 29.5 Å². The van der Waals surface area contributed by atoms with E-state index in [4.69, 9.17) is 16.0 Å². The van der Waals surface area contributed by atoms with E-state index in [0.717, 1.165) is 5.56 Å². The normalized spacial score (nSPS) is 11.0. The maximum absolute atomic E-state index is 12.5. The molecule has 0 radical (unpaired) electrons. The molecule has 0 aliphatic rings. The standard InChI is InChI=1S/C23H19ClN2O3/c1-2-14-25-23(28)20(26-22(27)17-6-4-3-5-7-17)15-19-12-13-21(29-19)16-8-10-18(24)11-9-16/h2-13,15H,1,14H2,(H,25,28)(H,26,27)/b20-15-. The number of rotatable bonds is 7. The summed E-state index contributed by atoms with van der Waals surface area (Å²) in [6.45, 7) is 3.85. The Morgan fingerprint density at radius 3 is 2.41 bits per heavy atom. The van der Waals surface area contributed by atoms with Crippen LogP contribution in [0.4, 0.5) is 0 Å². The van der Waals surface area contributed by atoms with Gasteiger partial charge in [0.1, 0.15) is 17.2 Å². The first-order valence-corrected chi connectivity index (χ1v) is 9.27. The molecule has 0 saturated heterocycles. The van der Waals surface area contributed by atoms with Crippen LogP contribution in [-0.2, 0) is 4.79 Å². The minimum atomic E-state index is -0.446. The zero-order valence-corrected chi connectivity index (χ0v) is 16.3. The van der Waals surface area contributed by atoms with Gasteiger partial charge in [0.2, 0.25) is 0 Å². The number of carbonyl (C=O) groups is 2. The lowest BCUT2D eigenvalue weighted by atomic mass is 10.2. The lowest BCUT2D eigenvalue weighted by molar-refractivity contribution is -0.117. The molecule has 0 aliphatic carbocycles. The molecule has 0 aliphatic heterocycles. The Morgan fingerprint density at radius 1 is 1.00 bits per heavy atom. The average molecular weight is 407 g/mol. The summed E-state index contributed by atoms with van der Waals surface area (Å²) in [6, 6.07) is 19.4. The summed E-state index contributed by atoms with van der Waals surface area (Å²) >= 11 is 5.92. The Hall–Kier alpha value is -3.57. The maximum atomic E-state index is 12.5. The van der Waals surface area contributed by atoms with Crippen molar-refractivity contribution in [1.29, 1.82) is 0 Å². The number of amides is 2. The van der Waals surface area contributed by atoms with Crippen LogP contribution in [0.15, 0.2) is 89.5 Å². The Balaban J connectivity index is 1.86. The van der Waals surface area contributed by atoms with E-state index < -0.39 is 11.8 Å². The number of nitrogens with one attached hydrogen (secondary N) is 2. The van der Waals surface area contributed by atoms with Crippen LogP contribution in [0.5, 0.6) is 0 Å². The molecule has 5 nitrogen and oxygen atoms in total. The third-order valence-corrected chi connectivity index (χ3v) is 4.23. The first kappa shape index (κ1) is 20.2. The van der Waals surface area contributed by atoms with Crippen LogP contribution in [0, 0.1) is 0 Å². The van der Waals surface area contributed by atoms with Gasteiger partial charge in [0.05, 0.1) is 0 Å². The van der Waals surface area contributed by atoms with Gasteiger partial charge in [-0.05, 0) is 48.5 Å². The van der Waals surface area contributed by atoms with Gasteiger partial charge < -0.3 is 15.1 Å². The number of furan rings is 1. The summed E-state index contributed by atoms with van der Waals surface area (Å²) in [5, 5.41) is 5.93. The van der Waals surface area contributed by atoms with Crippen LogP contribution in [0.25, 0.3) is 17.4 Å². The quantitative estimate of drug-likeness (QED) is 0.442. The summed E-state index contributed by atoms with van der Waals surface area (Å²) in [5.74, 6) is 0.203. The zero-order valence-electron chi connectivity index (χ0n) is 15.5. The molecule has 2 aromatic carbocycles. The molecule has 0 atom stereocenters. The summed E-state index contributed by atoms with van der Waals surface area (Å²) in [5.41, 5.74) is 1.36. The third kappa shape index (κ3) is 5.46. The molecule has 0 spiro atoms. The second-order valence-corrected chi connectivity index (χ2v) is 6.52. The van der Waals surface area contributed by atoms with Gasteiger partial charge in [0.15, 0.2) is 0 Å². The van der Waals surface area contributed by atoms with Crippen LogP contribution in [0.1, 0.15) is 16.1 Å². The van der Waals surface area contributed by atoms with Crippen molar-refractivity contribution in [1.82, 2.24) is 10.6 Å². The van der Waals surface area contributed by atoms with Crippen LogP contribution < -0.4 is 10.6 Å². The first-order chi connectivity index (χ1) is 14.1. The molecule has 0 fully saturated rings. The van der Waals surface area contributed by atoms with E-state index in [1.165, 1.54) is 6.08 Å². The third-order valence-electron chi connectivity index (χ3n) is 3.98. The van der Waals surface area contributed by atoms with Gasteiger partial charge >= 0.3 is 0 Å². The second-order valence-electron chi connectivity index (χ2n) is 6.09. The van der Waals surface area contributed by atoms with E-state index in [1.807, 2.05) is 18.2 Å². The highest BCUT2D eigenvalue weighted by Gasteiger charge is 2.15. The number of hydrogen-bond donors (Lipinski definition) is 2. The fourth-order valence-electron chi connectivity index (χ4n) is 2.54. The SMILES string of the molecule is C=CCNC(=O)/C(=C/c1ccc(-c2ccc(Cl)cc2)o1)NC(=O)c1ccccc1. The molecule has 6 heteroatoms. The van der Waals surface area contributed by atoms with Gasteiger partial charge in [-0.2, -0.15) is 0 Å². The van der Waals surface area contributed by atoms with Crippen molar-refractivity contribution in [2.24, 2.45) is 0 Å². The molecule has 146 valence electrons. The predicted octanol–water partition coefficient (Wildman–Crippen LogP) is 4.67. The van der Waals surface area contributed by atoms with E-state index >= 15 is 0 Å². The van der Waals surface area contributed by atoms with Crippen LogP contribution in [0.2, 0.25) is 5.02 Å². The highest BCUT2D eigenvalue weighted by atomic mass is 35.5. The minimum absolute atomic E-state index is 0.0673. The number of benzene rings is 2. The van der Waals surface area contributed by atoms with E-state index in [1.54, 1.807) is 54.6 Å². The van der Waals surface area contributed by atoms with Crippen molar-refractivity contribution in [2.45, 2.75) is 0 Å². The molecule has 2 amide bonds. The van der Waals surface area contributed by atoms with E-state index in [-0.39, 0.29) is 12.2 Å². The monoisotopic (exact) mass is 406 g/mol. The Morgan fingerprint density at radius 2 is 1.72 bits per heavy atom. The molecule has 3 rings (SSSR count). The van der Waals surface area contributed by atoms with Crippen molar-refractivity contribution in [3.8, 4) is 11.3 Å². The van der Waals surface area contributed by atoms with E-state index in [9.17, 15) is 9.59 Å². The van der Waals surface area contributed by atoms with Crippen molar-refractivity contribution in [2.75, 3.05) is 6.54 Å². The molecule has 1 heterocycles. The Bertz CT molecular complexity index is 1040. The zero-order chi connectivity index (χ0) is 20.6. The second kappa shape index (κ2) is 9.57. The van der Waals surface area contributed by atoms with Crippen molar-refractivity contribution < 1.29 is 14.0 Å². The van der Waals surface area contributed by atoms with Gasteiger partial charge in [-0.1, -0.05) is 35.9 Å². The summed E-state index contributed by atoms with van der Waals surface area (Å²) in [6.07, 6.45) is 3.04. The van der Waals surface area contributed by atoms with Gasteiger partial charge in [-0.3, -0.25) is 9.59 Å². The largest absolute Gasteiger partial charge is 0.457 e. The lowest BCUT2D eigenvalue weighted by Gasteiger charge is -2.09. The van der Waals surface area contributed by atoms with Gasteiger partial charge in [-0.15, -0.1) is 6.58 Å². The fourth-order valence-corrected chi connectivity index (χ4v) is 2.67. The molecular formula is C23H19ClN2O3. The van der Waals surface area contributed by atoms with Gasteiger partial charge in [-0.25, -0.2) is 0 Å². The summed E-state index contributed by atoms with van der Waals surface area (Å²) in [4.78, 5) is 25.0. The van der Waals surface area contributed by atoms with Crippen LogP contribution in [0.3, 0.4) is 0 Å². The van der Waals surface area contributed by atoms with E-state index in [2.05, 4.69) is 17.2 Å². The van der Waals surface area contributed by atoms with Gasteiger partial charge in [0, 0.05) is 28.8 Å². The van der Waals surface area contributed by atoms with Crippen molar-refractivity contribution in [3.05, 3.63) is 101 Å². The maximum Gasteiger partial charge on any atom is 0.268 e. The molecule has 0 unspecified atom stereocenters. The smallest absolute Gasteiger partial charge is 0.268 e. The summed E-state index contributed by atoms with van der Waals surface area (Å²) in [7, 11) is 0. The van der Waals surface area contributed by atoms with Crippen LogP contribution >= 0.6 is 11.6 Å². The van der Waals surface area contributed by atoms with E-state index in [0.29, 0.717) is 22.1 Å². The molecule has 1 aromatic heterocycles. The molecule has 3 aromatic rings. The highest BCUT2D eigenvalue weighted by molar-refractivity contribution is 6.30. The fraction of sp³-hybridized carbons (Fsp3) is 0.0435. The first-order valence-electron chi connectivity index (χ1n) is 8.90. The summed E-state index contributed by atoms with van der Waals surface area (Å²) < 4.78 is 5.81. The molecule has 2 N–H and O–H groups in total.